The minimum Gasteiger partial charge on any atom is -0.350 e. The first-order chi connectivity index (χ1) is 11.4. The van der Waals surface area contributed by atoms with Crippen molar-refractivity contribution in [3.63, 3.8) is 0 Å². The first-order valence-electron chi connectivity index (χ1n) is 8.35. The Morgan fingerprint density at radius 2 is 2.29 bits per heavy atom. The molecule has 0 spiro atoms. The smallest absolute Gasteiger partial charge is 0.234 e. The van der Waals surface area contributed by atoms with Gasteiger partial charge >= 0.3 is 0 Å². The van der Waals surface area contributed by atoms with Crippen LogP contribution in [0.3, 0.4) is 0 Å². The second-order valence-electron chi connectivity index (χ2n) is 6.52. The van der Waals surface area contributed by atoms with Crippen molar-refractivity contribution in [2.24, 2.45) is 0 Å². The lowest BCUT2D eigenvalue weighted by Gasteiger charge is -2.23. The van der Waals surface area contributed by atoms with Crippen LogP contribution in [-0.4, -0.2) is 47.4 Å². The third-order valence-corrected chi connectivity index (χ3v) is 5.12. The number of likely N-dealkylation sites (tertiary alicyclic amines) is 1. The minimum atomic E-state index is 0.0130. The van der Waals surface area contributed by atoms with Crippen LogP contribution in [0.5, 0.6) is 0 Å². The predicted molar refractivity (Wildman–Crippen MR) is 98.0 cm³/mol. The Hall–Kier alpha value is -1.58. The lowest BCUT2D eigenvalue weighted by molar-refractivity contribution is -0.122. The van der Waals surface area contributed by atoms with E-state index in [0.717, 1.165) is 29.4 Å². The molecule has 1 saturated heterocycles. The van der Waals surface area contributed by atoms with Crippen LogP contribution < -0.4 is 5.32 Å². The van der Waals surface area contributed by atoms with Crippen LogP contribution in [-0.2, 0) is 11.3 Å². The molecule has 1 aromatic rings. The maximum absolute atomic E-state index is 12.3. The lowest BCUT2D eigenvalue weighted by Crippen LogP contribution is -2.45. The molecule has 5 nitrogen and oxygen atoms in total. The van der Waals surface area contributed by atoms with Crippen molar-refractivity contribution >= 4 is 21.8 Å². The van der Waals surface area contributed by atoms with Crippen molar-refractivity contribution in [2.45, 2.75) is 51.4 Å². The molecule has 0 aromatic heterocycles. The summed E-state index contributed by atoms with van der Waals surface area (Å²) < 4.78 is 1.04. The van der Waals surface area contributed by atoms with Crippen molar-refractivity contribution in [1.82, 2.24) is 15.1 Å². The molecule has 6 heteroatoms. The molecule has 3 unspecified atom stereocenters. The van der Waals surface area contributed by atoms with Gasteiger partial charge in [-0.05, 0) is 44.5 Å². The lowest BCUT2D eigenvalue weighted by atomic mass is 10.1. The third kappa shape index (κ3) is 4.71. The summed E-state index contributed by atoms with van der Waals surface area (Å²) in [6.07, 6.45) is 4.03. The maximum Gasteiger partial charge on any atom is 0.234 e. The molecule has 130 valence electrons. The highest BCUT2D eigenvalue weighted by atomic mass is 79.9. The zero-order valence-corrected chi connectivity index (χ0v) is 16.1. The SMILES string of the molecule is CCC1CC(NC(=O)CN(C)Cc2cccc(Br)c2)C(C)N1C#N. The average Bonchev–Trinajstić information content (AvgIpc) is 2.82. The molecular formula is C18H25BrN4O. The van der Waals surface area contributed by atoms with Gasteiger partial charge in [0.25, 0.3) is 0 Å². The summed E-state index contributed by atoms with van der Waals surface area (Å²) >= 11 is 3.46. The minimum absolute atomic E-state index is 0.0130. The molecule has 1 aliphatic heterocycles. The summed E-state index contributed by atoms with van der Waals surface area (Å²) in [5.41, 5.74) is 1.16. The van der Waals surface area contributed by atoms with Crippen molar-refractivity contribution in [3.05, 3.63) is 34.3 Å². The molecule has 1 aliphatic rings. The average molecular weight is 393 g/mol. The molecule has 1 aromatic carbocycles. The summed E-state index contributed by atoms with van der Waals surface area (Å²) in [4.78, 5) is 16.2. The van der Waals surface area contributed by atoms with E-state index in [2.05, 4.69) is 46.5 Å². The Morgan fingerprint density at radius 3 is 2.88 bits per heavy atom. The van der Waals surface area contributed by atoms with Crippen LogP contribution in [0.15, 0.2) is 28.7 Å². The van der Waals surface area contributed by atoms with Gasteiger partial charge in [-0.3, -0.25) is 9.69 Å². The third-order valence-electron chi connectivity index (χ3n) is 4.63. The van der Waals surface area contributed by atoms with Crippen molar-refractivity contribution in [1.29, 1.82) is 5.26 Å². The van der Waals surface area contributed by atoms with Crippen LogP contribution in [0, 0.1) is 11.5 Å². The Bertz CT molecular complexity index is 615. The Kier molecular flexibility index (Phi) is 6.64. The topological polar surface area (TPSA) is 59.4 Å². The molecule has 1 N–H and O–H groups in total. The van der Waals surface area contributed by atoms with Gasteiger partial charge in [0.15, 0.2) is 6.19 Å². The summed E-state index contributed by atoms with van der Waals surface area (Å²) in [5.74, 6) is 0.0130. The zero-order valence-electron chi connectivity index (χ0n) is 14.5. The second kappa shape index (κ2) is 8.50. The van der Waals surface area contributed by atoms with Crippen LogP contribution in [0.1, 0.15) is 32.3 Å². The van der Waals surface area contributed by atoms with Gasteiger partial charge in [0.2, 0.25) is 5.91 Å². The van der Waals surface area contributed by atoms with Gasteiger partial charge in [0.1, 0.15) is 0 Å². The normalized spacial score (nSPS) is 23.3. The number of likely N-dealkylation sites (N-methyl/N-ethyl adjacent to an activating group) is 1. The highest BCUT2D eigenvalue weighted by molar-refractivity contribution is 9.10. The molecule has 24 heavy (non-hydrogen) atoms. The van der Waals surface area contributed by atoms with E-state index in [9.17, 15) is 10.1 Å². The summed E-state index contributed by atoms with van der Waals surface area (Å²) in [5, 5.41) is 12.4. The molecular weight excluding hydrogens is 368 g/mol. The standard InChI is InChI=1S/C18H25BrN4O/c1-4-16-9-17(13(2)23(16)12-20)21-18(24)11-22(3)10-14-6-5-7-15(19)8-14/h5-8,13,16-17H,4,9-11H2,1-3H3,(H,21,24). The van der Waals surface area contributed by atoms with Gasteiger partial charge in [-0.15, -0.1) is 0 Å². The number of rotatable bonds is 6. The van der Waals surface area contributed by atoms with Gasteiger partial charge in [0, 0.05) is 17.1 Å². The predicted octanol–water partition coefficient (Wildman–Crippen LogP) is 2.72. The maximum atomic E-state index is 12.3. The van der Waals surface area contributed by atoms with Crippen molar-refractivity contribution < 1.29 is 4.79 Å². The molecule has 2 rings (SSSR count). The molecule has 1 amide bonds. The van der Waals surface area contributed by atoms with Crippen LogP contribution in [0.4, 0.5) is 0 Å². The van der Waals surface area contributed by atoms with Gasteiger partial charge < -0.3 is 10.2 Å². The van der Waals surface area contributed by atoms with Gasteiger partial charge in [-0.25, -0.2) is 0 Å². The Balaban J connectivity index is 1.86. The van der Waals surface area contributed by atoms with E-state index in [1.54, 1.807) is 0 Å². The molecule has 0 radical (unpaired) electrons. The summed E-state index contributed by atoms with van der Waals surface area (Å²) in [6, 6.07) is 8.42. The summed E-state index contributed by atoms with van der Waals surface area (Å²) in [7, 11) is 1.94. The quantitative estimate of drug-likeness (QED) is 0.756. The van der Waals surface area contributed by atoms with Crippen molar-refractivity contribution in [2.75, 3.05) is 13.6 Å². The van der Waals surface area contributed by atoms with E-state index in [-0.39, 0.29) is 24.0 Å². The monoisotopic (exact) mass is 392 g/mol. The number of benzene rings is 1. The molecule has 1 fully saturated rings. The number of halogens is 1. The van der Waals surface area contributed by atoms with E-state index in [1.165, 1.54) is 0 Å². The molecule has 0 aliphatic carbocycles. The highest BCUT2D eigenvalue weighted by Crippen LogP contribution is 2.25. The molecule has 3 atom stereocenters. The number of hydrogen-bond acceptors (Lipinski definition) is 4. The zero-order chi connectivity index (χ0) is 17.7. The van der Waals surface area contributed by atoms with Crippen LogP contribution in [0.25, 0.3) is 0 Å². The Morgan fingerprint density at radius 1 is 1.54 bits per heavy atom. The van der Waals surface area contributed by atoms with Crippen LogP contribution in [0.2, 0.25) is 0 Å². The van der Waals surface area contributed by atoms with E-state index >= 15 is 0 Å². The van der Waals surface area contributed by atoms with E-state index in [1.807, 2.05) is 35.9 Å². The number of nitriles is 1. The van der Waals surface area contributed by atoms with E-state index < -0.39 is 0 Å². The number of carbonyl (C=O) groups is 1. The van der Waals surface area contributed by atoms with Gasteiger partial charge in [-0.2, -0.15) is 5.26 Å². The number of nitrogens with one attached hydrogen (secondary N) is 1. The molecule has 1 heterocycles. The van der Waals surface area contributed by atoms with Crippen LogP contribution >= 0.6 is 15.9 Å². The Labute approximate surface area is 152 Å². The molecule has 0 bridgehead atoms. The van der Waals surface area contributed by atoms with E-state index in [4.69, 9.17) is 0 Å². The largest absolute Gasteiger partial charge is 0.350 e. The highest BCUT2D eigenvalue weighted by Gasteiger charge is 2.37. The van der Waals surface area contributed by atoms with E-state index in [0.29, 0.717) is 6.54 Å². The van der Waals surface area contributed by atoms with Crippen molar-refractivity contribution in [3.8, 4) is 6.19 Å². The number of amides is 1. The fourth-order valence-corrected chi connectivity index (χ4v) is 3.79. The summed E-state index contributed by atoms with van der Waals surface area (Å²) in [6.45, 7) is 5.15. The number of hydrogen-bond donors (Lipinski definition) is 1. The number of carbonyl (C=O) groups excluding carboxylic acids is 1. The first kappa shape index (κ1) is 18.8. The number of nitrogens with zero attached hydrogens (tertiary/aromatic N) is 3. The van der Waals surface area contributed by atoms with Gasteiger partial charge in [-0.1, -0.05) is 35.0 Å². The first-order valence-corrected chi connectivity index (χ1v) is 9.14. The fraction of sp³-hybridized carbons (Fsp3) is 0.556. The van der Waals surface area contributed by atoms with Gasteiger partial charge in [0.05, 0.1) is 18.6 Å². The second-order valence-corrected chi connectivity index (χ2v) is 7.44. The fourth-order valence-electron chi connectivity index (χ4n) is 3.35. The molecule has 0 saturated carbocycles.